The van der Waals surface area contributed by atoms with Gasteiger partial charge in [-0.3, -0.25) is 9.30 Å². The highest BCUT2D eigenvalue weighted by Crippen LogP contribution is 2.43. The van der Waals surface area contributed by atoms with Crippen molar-refractivity contribution in [2.75, 3.05) is 13.1 Å². The minimum absolute atomic E-state index is 0. The molecule has 1 aromatic carbocycles. The highest BCUT2D eigenvalue weighted by molar-refractivity contribution is 5.86. The summed E-state index contributed by atoms with van der Waals surface area (Å²) in [4.78, 5) is 6.28. The van der Waals surface area contributed by atoms with Gasteiger partial charge in [0.25, 0.3) is 0 Å². The van der Waals surface area contributed by atoms with Crippen molar-refractivity contribution in [2.45, 2.75) is 43.4 Å². The first-order valence-corrected chi connectivity index (χ1v) is 11.2. The fourth-order valence-corrected chi connectivity index (χ4v) is 4.92. The zero-order valence-corrected chi connectivity index (χ0v) is 20.3. The van der Waals surface area contributed by atoms with Crippen molar-refractivity contribution in [1.82, 2.24) is 24.5 Å². The van der Waals surface area contributed by atoms with Gasteiger partial charge in [0.2, 0.25) is 0 Å². The van der Waals surface area contributed by atoms with E-state index in [-0.39, 0.29) is 43.0 Å². The molecule has 1 saturated heterocycles. The van der Waals surface area contributed by atoms with E-state index < -0.39 is 12.2 Å². The molecule has 2 N–H and O–H groups in total. The Hall–Kier alpha value is -2.46. The molecular weight excluding hydrogens is 500 g/mol. The molecule has 1 aliphatic carbocycles. The molecule has 4 aromatic rings. The number of benzene rings is 1. The number of fused-ring (bicyclic) bond motifs is 2. The average molecular weight is 525 g/mol. The smallest absolute Gasteiger partial charge is 0.326 e. The molecule has 6 rings (SSSR count). The van der Waals surface area contributed by atoms with E-state index in [1.807, 2.05) is 24.3 Å². The van der Waals surface area contributed by atoms with Gasteiger partial charge in [-0.2, -0.15) is 13.2 Å². The number of hydrogen-bond acceptors (Lipinski definition) is 5. The molecule has 2 fully saturated rings. The van der Waals surface area contributed by atoms with E-state index in [1.165, 1.54) is 22.7 Å². The van der Waals surface area contributed by atoms with Crippen LogP contribution in [-0.4, -0.2) is 49.8 Å². The van der Waals surface area contributed by atoms with Crippen LogP contribution in [-0.2, 0) is 0 Å². The number of hydrogen-bond donors (Lipinski definition) is 1. The molecule has 1 aliphatic heterocycles. The van der Waals surface area contributed by atoms with E-state index in [4.69, 9.17) is 10.7 Å². The normalized spacial score (nSPS) is 19.5. The van der Waals surface area contributed by atoms with Crippen molar-refractivity contribution in [3.05, 3.63) is 59.8 Å². The van der Waals surface area contributed by atoms with Crippen LogP contribution in [0.5, 0.6) is 0 Å². The van der Waals surface area contributed by atoms with Gasteiger partial charge < -0.3 is 5.73 Å². The second kappa shape index (κ2) is 9.54. The van der Waals surface area contributed by atoms with Gasteiger partial charge in [0.15, 0.2) is 11.5 Å². The highest BCUT2D eigenvalue weighted by atomic mass is 35.5. The molecule has 11 heteroatoms. The molecule has 0 amide bonds. The van der Waals surface area contributed by atoms with Crippen LogP contribution in [0.2, 0.25) is 0 Å². The largest absolute Gasteiger partial charge is 0.408 e. The lowest BCUT2D eigenvalue weighted by molar-refractivity contribution is -0.183. The van der Waals surface area contributed by atoms with Crippen LogP contribution in [0.3, 0.4) is 0 Å². The standard InChI is InChI=1S/C24H23F3N6.2ClH/c25-24(26,27)22(32-11-10-17(28)13-32)16-7-9-20-30-31-23(33(20)12-16)19-8-6-15-2-1-3-18(14-4-5-14)21(15)29-19;;/h1-3,6-9,12,14,17,22H,4-5,10-11,13,28H2;2*1H/t17-,22+;;/m0../s1. The van der Waals surface area contributed by atoms with Crippen LogP contribution in [0.25, 0.3) is 28.1 Å². The molecule has 0 spiro atoms. The fraction of sp³-hybridized carbons (Fsp3) is 0.375. The fourth-order valence-electron chi connectivity index (χ4n) is 4.92. The van der Waals surface area contributed by atoms with E-state index in [1.54, 1.807) is 10.5 Å². The molecule has 6 nitrogen and oxygen atoms in total. The quantitative estimate of drug-likeness (QED) is 0.392. The summed E-state index contributed by atoms with van der Waals surface area (Å²) in [5.41, 5.74) is 9.24. The number of likely N-dealkylation sites (tertiary alicyclic amines) is 1. The second-order valence-corrected chi connectivity index (χ2v) is 9.09. The summed E-state index contributed by atoms with van der Waals surface area (Å²) >= 11 is 0. The SMILES string of the molecule is Cl.Cl.N[C@H]1CCN([C@H](c2ccc3nnc(-c4ccc5cccc(C6CC6)c5n4)n3c2)C(F)(F)F)C1. The van der Waals surface area contributed by atoms with E-state index >= 15 is 0 Å². The third-order valence-corrected chi connectivity index (χ3v) is 6.67. The van der Waals surface area contributed by atoms with Crippen LogP contribution in [0, 0.1) is 0 Å². The minimum Gasteiger partial charge on any atom is -0.326 e. The van der Waals surface area contributed by atoms with Crippen molar-refractivity contribution < 1.29 is 13.2 Å². The number of nitrogens with two attached hydrogens (primary N) is 1. The summed E-state index contributed by atoms with van der Waals surface area (Å²) < 4.78 is 43.9. The van der Waals surface area contributed by atoms with Gasteiger partial charge in [-0.1, -0.05) is 30.3 Å². The van der Waals surface area contributed by atoms with Crippen LogP contribution in [0.1, 0.15) is 42.3 Å². The van der Waals surface area contributed by atoms with Crippen LogP contribution < -0.4 is 5.73 Å². The van der Waals surface area contributed by atoms with Crippen molar-refractivity contribution >= 4 is 41.4 Å². The van der Waals surface area contributed by atoms with Crippen molar-refractivity contribution in [1.29, 1.82) is 0 Å². The summed E-state index contributed by atoms with van der Waals surface area (Å²) in [6, 6.07) is 11.1. The molecule has 0 bridgehead atoms. The van der Waals surface area contributed by atoms with Crippen LogP contribution in [0.15, 0.2) is 48.7 Å². The Labute approximate surface area is 212 Å². The molecule has 0 unspecified atom stereocenters. The maximum Gasteiger partial charge on any atom is 0.408 e. The average Bonchev–Trinajstić information content (AvgIpc) is 3.41. The van der Waals surface area contributed by atoms with Gasteiger partial charge in [-0.25, -0.2) is 4.98 Å². The van der Waals surface area contributed by atoms with Gasteiger partial charge in [-0.15, -0.1) is 35.0 Å². The number of aromatic nitrogens is 4. The minimum atomic E-state index is -4.42. The van der Waals surface area contributed by atoms with Crippen molar-refractivity contribution in [3.63, 3.8) is 0 Å². The molecule has 3 aromatic heterocycles. The van der Waals surface area contributed by atoms with Gasteiger partial charge in [0.1, 0.15) is 11.7 Å². The first-order valence-electron chi connectivity index (χ1n) is 11.2. The van der Waals surface area contributed by atoms with Gasteiger partial charge in [0.05, 0.1) is 5.52 Å². The Bertz CT molecular complexity index is 1350. The maximum absolute atomic E-state index is 14.1. The predicted molar refractivity (Wildman–Crippen MR) is 133 cm³/mol. The predicted octanol–water partition coefficient (Wildman–Crippen LogP) is 5.30. The van der Waals surface area contributed by atoms with Crippen molar-refractivity contribution in [3.8, 4) is 11.5 Å². The van der Waals surface area contributed by atoms with Gasteiger partial charge >= 0.3 is 6.18 Å². The maximum atomic E-state index is 14.1. The van der Waals surface area contributed by atoms with E-state index in [0.717, 1.165) is 23.7 Å². The van der Waals surface area contributed by atoms with E-state index in [2.05, 4.69) is 16.3 Å². The summed E-state index contributed by atoms with van der Waals surface area (Å²) in [6.07, 6.45) is -0.0723. The molecule has 4 heterocycles. The molecule has 2 aliphatic rings. The third kappa shape index (κ3) is 4.70. The van der Waals surface area contributed by atoms with Gasteiger partial charge in [0, 0.05) is 30.7 Å². The summed E-state index contributed by atoms with van der Waals surface area (Å²) in [5.74, 6) is 0.955. The first-order chi connectivity index (χ1) is 15.9. The lowest BCUT2D eigenvalue weighted by Gasteiger charge is -2.30. The van der Waals surface area contributed by atoms with Crippen LogP contribution >= 0.6 is 24.8 Å². The number of nitrogens with zero attached hydrogens (tertiary/aromatic N) is 5. The summed E-state index contributed by atoms with van der Waals surface area (Å²) in [7, 11) is 0. The summed E-state index contributed by atoms with van der Waals surface area (Å²) in [6.45, 7) is 0.530. The molecular formula is C24H25Cl2F3N6. The zero-order valence-electron chi connectivity index (χ0n) is 18.7. The lowest BCUT2D eigenvalue weighted by Crippen LogP contribution is -2.38. The Balaban J connectivity index is 0.00000144. The Morgan fingerprint density at radius 3 is 2.46 bits per heavy atom. The number of para-hydroxylation sites is 1. The monoisotopic (exact) mass is 524 g/mol. The number of halogens is 5. The van der Waals surface area contributed by atoms with E-state index in [0.29, 0.717) is 36.0 Å². The molecule has 35 heavy (non-hydrogen) atoms. The second-order valence-electron chi connectivity index (χ2n) is 9.09. The Morgan fingerprint density at radius 2 is 1.77 bits per heavy atom. The number of alkyl halides is 3. The van der Waals surface area contributed by atoms with Crippen molar-refractivity contribution in [2.24, 2.45) is 5.73 Å². The lowest BCUT2D eigenvalue weighted by atomic mass is 10.1. The Kier molecular flexibility index (Phi) is 6.98. The van der Waals surface area contributed by atoms with Gasteiger partial charge in [-0.05, 0) is 48.4 Å². The molecule has 0 radical (unpaired) electrons. The molecule has 186 valence electrons. The molecule has 2 atom stereocenters. The Morgan fingerprint density at radius 1 is 0.971 bits per heavy atom. The number of rotatable bonds is 4. The number of pyridine rings is 2. The zero-order chi connectivity index (χ0) is 22.7. The third-order valence-electron chi connectivity index (χ3n) is 6.67. The molecule has 1 saturated carbocycles. The highest BCUT2D eigenvalue weighted by Gasteiger charge is 2.46. The first kappa shape index (κ1) is 25.6. The topological polar surface area (TPSA) is 72.3 Å². The summed E-state index contributed by atoms with van der Waals surface area (Å²) in [5, 5.41) is 9.49. The van der Waals surface area contributed by atoms with E-state index in [9.17, 15) is 13.2 Å². The van der Waals surface area contributed by atoms with Crippen LogP contribution in [0.4, 0.5) is 13.2 Å².